The van der Waals surface area contributed by atoms with Crippen LogP contribution in [0.4, 0.5) is 14.5 Å². The van der Waals surface area contributed by atoms with E-state index < -0.39 is 23.1 Å². The monoisotopic (exact) mass is 269 g/mol. The van der Waals surface area contributed by atoms with E-state index in [9.17, 15) is 13.6 Å². The summed E-state index contributed by atoms with van der Waals surface area (Å²) in [7, 11) is 3.83. The van der Waals surface area contributed by atoms with Gasteiger partial charge in [-0.05, 0) is 32.6 Å². The third-order valence-corrected chi connectivity index (χ3v) is 3.52. The van der Waals surface area contributed by atoms with Gasteiger partial charge in [-0.25, -0.2) is 8.78 Å². The molecule has 2 N–H and O–H groups in total. The first-order valence-electron chi connectivity index (χ1n) is 6.11. The summed E-state index contributed by atoms with van der Waals surface area (Å²) in [5.41, 5.74) is 4.61. The molecule has 6 heteroatoms. The molecule has 0 radical (unpaired) electrons. The topological polar surface area (TPSA) is 49.6 Å². The number of likely N-dealkylation sites (N-methyl/N-ethyl adjacent to an activating group) is 1. The third kappa shape index (κ3) is 2.53. The molecule has 0 bridgehead atoms. The van der Waals surface area contributed by atoms with Crippen LogP contribution in [0.2, 0.25) is 0 Å². The van der Waals surface area contributed by atoms with Crippen molar-refractivity contribution in [3.63, 3.8) is 0 Å². The quantitative estimate of drug-likeness (QED) is 0.824. The van der Waals surface area contributed by atoms with E-state index in [-0.39, 0.29) is 11.7 Å². The van der Waals surface area contributed by atoms with Gasteiger partial charge < -0.3 is 15.5 Å². The number of amides is 1. The molecule has 0 spiro atoms. The number of nitrogens with two attached hydrogens (primary N) is 1. The fourth-order valence-corrected chi connectivity index (χ4v) is 2.27. The summed E-state index contributed by atoms with van der Waals surface area (Å²) in [6.45, 7) is 0.967. The van der Waals surface area contributed by atoms with Gasteiger partial charge in [0.2, 0.25) is 0 Å². The van der Waals surface area contributed by atoms with Crippen LogP contribution in [0.1, 0.15) is 16.8 Å². The first-order chi connectivity index (χ1) is 8.91. The molecule has 1 amide bonds. The summed E-state index contributed by atoms with van der Waals surface area (Å²) in [5.74, 6) is -2.48. The van der Waals surface area contributed by atoms with E-state index >= 15 is 0 Å². The van der Waals surface area contributed by atoms with Crippen LogP contribution < -0.4 is 5.73 Å². The number of hydrogen-bond donors (Lipinski definition) is 1. The van der Waals surface area contributed by atoms with E-state index in [1.807, 2.05) is 19.0 Å². The highest BCUT2D eigenvalue weighted by molar-refractivity contribution is 5.96. The van der Waals surface area contributed by atoms with Crippen LogP contribution in [0.3, 0.4) is 0 Å². The van der Waals surface area contributed by atoms with E-state index in [4.69, 9.17) is 5.73 Å². The van der Waals surface area contributed by atoms with Gasteiger partial charge in [0.25, 0.3) is 5.91 Å². The lowest BCUT2D eigenvalue weighted by Crippen LogP contribution is -2.35. The number of likely N-dealkylation sites (tertiary alicyclic amines) is 1. The maximum atomic E-state index is 13.8. The summed E-state index contributed by atoms with van der Waals surface area (Å²) in [4.78, 5) is 15.6. The minimum atomic E-state index is -0.974. The third-order valence-electron chi connectivity index (χ3n) is 3.52. The van der Waals surface area contributed by atoms with E-state index in [1.165, 1.54) is 4.90 Å². The number of nitrogen functional groups attached to an aromatic ring is 1. The molecular weight excluding hydrogens is 252 g/mol. The lowest BCUT2D eigenvalue weighted by Gasteiger charge is -2.21. The molecule has 19 heavy (non-hydrogen) atoms. The molecule has 4 nitrogen and oxygen atoms in total. The van der Waals surface area contributed by atoms with Crippen molar-refractivity contribution in [2.75, 3.05) is 32.9 Å². The zero-order valence-electron chi connectivity index (χ0n) is 11.0. The molecule has 2 rings (SSSR count). The van der Waals surface area contributed by atoms with Gasteiger partial charge in [0.05, 0.1) is 5.69 Å². The average molecular weight is 269 g/mol. The van der Waals surface area contributed by atoms with Crippen LogP contribution in [0.25, 0.3) is 0 Å². The fraction of sp³-hybridized carbons (Fsp3) is 0.462. The minimum absolute atomic E-state index is 0.215. The molecular formula is C13H17F2N3O. The predicted molar refractivity (Wildman–Crippen MR) is 68.8 cm³/mol. The molecule has 1 aliphatic heterocycles. The van der Waals surface area contributed by atoms with Gasteiger partial charge >= 0.3 is 0 Å². The van der Waals surface area contributed by atoms with Crippen molar-refractivity contribution >= 4 is 11.6 Å². The van der Waals surface area contributed by atoms with Crippen molar-refractivity contribution < 1.29 is 13.6 Å². The average Bonchev–Trinajstić information content (AvgIpc) is 2.84. The van der Waals surface area contributed by atoms with Gasteiger partial charge in [-0.15, -0.1) is 0 Å². The normalized spacial score (nSPS) is 19.2. The van der Waals surface area contributed by atoms with Crippen LogP contribution in [0.15, 0.2) is 12.1 Å². The van der Waals surface area contributed by atoms with E-state index in [1.54, 1.807) is 0 Å². The van der Waals surface area contributed by atoms with Crippen LogP contribution in [-0.2, 0) is 0 Å². The van der Waals surface area contributed by atoms with Crippen LogP contribution in [0, 0.1) is 11.6 Å². The fourth-order valence-electron chi connectivity index (χ4n) is 2.27. The summed E-state index contributed by atoms with van der Waals surface area (Å²) in [6, 6.07) is 2.36. The Morgan fingerprint density at radius 2 is 2.11 bits per heavy atom. The molecule has 1 fully saturated rings. The molecule has 104 valence electrons. The standard InChI is InChI=1S/C13H17F2N3O/c1-17(2)8-5-6-18(7-8)13(19)11-9(14)3-4-10(16)12(11)15/h3-4,8H,5-7,16H2,1-2H3. The van der Waals surface area contributed by atoms with Crippen LogP contribution >= 0.6 is 0 Å². The predicted octanol–water partition coefficient (Wildman–Crippen LogP) is 1.32. The van der Waals surface area contributed by atoms with E-state index in [0.29, 0.717) is 13.1 Å². The summed E-state index contributed by atoms with van der Waals surface area (Å²) >= 11 is 0. The van der Waals surface area contributed by atoms with Crippen molar-refractivity contribution in [3.8, 4) is 0 Å². The Kier molecular flexibility index (Phi) is 3.71. The molecule has 1 aromatic rings. The number of nitrogens with zero attached hydrogens (tertiary/aromatic N) is 2. The Morgan fingerprint density at radius 1 is 1.42 bits per heavy atom. The Balaban J connectivity index is 2.24. The van der Waals surface area contributed by atoms with E-state index in [0.717, 1.165) is 18.6 Å². The second-order valence-electron chi connectivity index (χ2n) is 4.98. The van der Waals surface area contributed by atoms with E-state index in [2.05, 4.69) is 0 Å². The van der Waals surface area contributed by atoms with Gasteiger partial charge in [0.1, 0.15) is 11.4 Å². The zero-order chi connectivity index (χ0) is 14.2. The van der Waals surface area contributed by atoms with Gasteiger partial charge in [0.15, 0.2) is 5.82 Å². The molecule has 1 aromatic carbocycles. The van der Waals surface area contributed by atoms with Crippen LogP contribution in [0.5, 0.6) is 0 Å². The Hall–Kier alpha value is -1.69. The zero-order valence-corrected chi connectivity index (χ0v) is 11.0. The van der Waals surface area contributed by atoms with Gasteiger partial charge in [0, 0.05) is 19.1 Å². The summed E-state index contributed by atoms with van der Waals surface area (Å²) in [6.07, 6.45) is 0.796. The Bertz CT molecular complexity index is 505. The number of anilines is 1. The molecule has 0 aliphatic carbocycles. The maximum Gasteiger partial charge on any atom is 0.259 e. The van der Waals surface area contributed by atoms with Gasteiger partial charge in [-0.1, -0.05) is 0 Å². The van der Waals surface area contributed by atoms with Gasteiger partial charge in [-0.3, -0.25) is 4.79 Å². The lowest BCUT2D eigenvalue weighted by molar-refractivity contribution is 0.0773. The number of hydrogen-bond acceptors (Lipinski definition) is 3. The highest BCUT2D eigenvalue weighted by atomic mass is 19.1. The number of carbonyl (C=O) groups excluding carboxylic acids is 1. The minimum Gasteiger partial charge on any atom is -0.396 e. The van der Waals surface area contributed by atoms with Crippen molar-refractivity contribution in [3.05, 3.63) is 29.3 Å². The SMILES string of the molecule is CN(C)C1CCN(C(=O)c2c(F)ccc(N)c2F)C1. The largest absolute Gasteiger partial charge is 0.396 e. The van der Waals surface area contributed by atoms with Crippen molar-refractivity contribution in [2.45, 2.75) is 12.5 Å². The molecule has 0 aromatic heterocycles. The summed E-state index contributed by atoms with van der Waals surface area (Å²) in [5, 5.41) is 0. The number of benzene rings is 1. The first kappa shape index (κ1) is 13.7. The van der Waals surface area contributed by atoms with Crippen molar-refractivity contribution in [1.29, 1.82) is 0 Å². The Labute approximate surface area is 110 Å². The number of halogens is 2. The maximum absolute atomic E-state index is 13.8. The molecule has 1 unspecified atom stereocenters. The highest BCUT2D eigenvalue weighted by Gasteiger charge is 2.31. The van der Waals surface area contributed by atoms with Crippen LogP contribution in [-0.4, -0.2) is 48.9 Å². The summed E-state index contributed by atoms with van der Waals surface area (Å²) < 4.78 is 27.4. The number of rotatable bonds is 2. The van der Waals surface area contributed by atoms with Gasteiger partial charge in [-0.2, -0.15) is 0 Å². The second-order valence-corrected chi connectivity index (χ2v) is 4.98. The molecule has 1 saturated heterocycles. The van der Waals surface area contributed by atoms with Crippen molar-refractivity contribution in [2.24, 2.45) is 0 Å². The molecule has 1 aliphatic rings. The molecule has 0 saturated carbocycles. The first-order valence-corrected chi connectivity index (χ1v) is 6.11. The van der Waals surface area contributed by atoms with Crippen molar-refractivity contribution in [1.82, 2.24) is 9.80 Å². The number of carbonyl (C=O) groups is 1. The second kappa shape index (κ2) is 5.13. The smallest absolute Gasteiger partial charge is 0.259 e. The molecule has 1 heterocycles. The highest BCUT2D eigenvalue weighted by Crippen LogP contribution is 2.23. The Morgan fingerprint density at radius 3 is 2.68 bits per heavy atom. The molecule has 1 atom stereocenters. The lowest BCUT2D eigenvalue weighted by atomic mass is 10.1.